The maximum absolute atomic E-state index is 4.44. The summed E-state index contributed by atoms with van der Waals surface area (Å²) in [4.78, 5) is 4.44. The van der Waals surface area contributed by atoms with Crippen molar-refractivity contribution in [3.05, 3.63) is 28.5 Å². The van der Waals surface area contributed by atoms with E-state index < -0.39 is 0 Å². The number of hydrogen-bond acceptors (Lipinski definition) is 1. The third-order valence-corrected chi connectivity index (χ3v) is 2.67. The molecule has 1 unspecified atom stereocenters. The Morgan fingerprint density at radius 1 is 1.46 bits per heavy atom. The Morgan fingerprint density at radius 2 is 2.23 bits per heavy atom. The lowest BCUT2D eigenvalue weighted by atomic mass is 10.0. The summed E-state index contributed by atoms with van der Waals surface area (Å²) in [6.07, 6.45) is 3.79. The average Bonchev–Trinajstić information content (AvgIpc) is 2.14. The van der Waals surface area contributed by atoms with E-state index in [9.17, 15) is 0 Å². The molecule has 1 aromatic rings. The van der Waals surface area contributed by atoms with Gasteiger partial charge in [-0.3, -0.25) is 0 Å². The van der Waals surface area contributed by atoms with Gasteiger partial charge in [-0.1, -0.05) is 32.8 Å². The molecule has 0 spiro atoms. The van der Waals surface area contributed by atoms with Crippen LogP contribution in [0.2, 0.25) is 0 Å². The third-order valence-electron chi connectivity index (χ3n) is 2.23. The van der Waals surface area contributed by atoms with Gasteiger partial charge in [-0.25, -0.2) is 4.98 Å². The Morgan fingerprint density at radius 3 is 2.85 bits per heavy atom. The second-order valence-corrected chi connectivity index (χ2v) is 4.24. The average molecular weight is 242 g/mol. The summed E-state index contributed by atoms with van der Waals surface area (Å²) in [7, 11) is 0. The Bertz CT molecular complexity index is 260. The van der Waals surface area contributed by atoms with Gasteiger partial charge in [0.25, 0.3) is 0 Å². The summed E-state index contributed by atoms with van der Waals surface area (Å²) in [5.41, 5.74) is 1.20. The van der Waals surface area contributed by atoms with Gasteiger partial charge in [0.05, 0.1) is 0 Å². The molecule has 0 radical (unpaired) electrons. The summed E-state index contributed by atoms with van der Waals surface area (Å²) in [5.74, 6) is 0.581. The Hall–Kier alpha value is -0.370. The molecule has 72 valence electrons. The van der Waals surface area contributed by atoms with Crippen molar-refractivity contribution in [3.63, 3.8) is 0 Å². The lowest BCUT2D eigenvalue weighted by molar-refractivity contribution is 0.610. The largest absolute Gasteiger partial charge is 0.246 e. The molecule has 0 amide bonds. The van der Waals surface area contributed by atoms with Gasteiger partial charge in [-0.05, 0) is 40.4 Å². The Labute approximate surface area is 88.7 Å². The third kappa shape index (κ3) is 3.47. The lowest BCUT2D eigenvalue weighted by Crippen LogP contribution is -1.96. The number of aromatic nitrogens is 1. The predicted molar refractivity (Wildman–Crippen MR) is 59.9 cm³/mol. The van der Waals surface area contributed by atoms with Crippen molar-refractivity contribution in [1.29, 1.82) is 0 Å². The number of nitrogens with zero attached hydrogens (tertiary/aromatic N) is 1. The van der Waals surface area contributed by atoms with Crippen LogP contribution in [0.25, 0.3) is 0 Å². The highest BCUT2D eigenvalue weighted by Crippen LogP contribution is 2.20. The van der Waals surface area contributed by atoms with Crippen LogP contribution in [-0.4, -0.2) is 4.98 Å². The van der Waals surface area contributed by atoms with Crippen LogP contribution < -0.4 is 0 Å². The van der Waals surface area contributed by atoms with Crippen molar-refractivity contribution in [1.82, 2.24) is 4.98 Å². The summed E-state index contributed by atoms with van der Waals surface area (Å²) in [6, 6.07) is 6.12. The molecule has 1 heterocycles. The van der Waals surface area contributed by atoms with Gasteiger partial charge in [0.2, 0.25) is 0 Å². The van der Waals surface area contributed by atoms with Gasteiger partial charge in [0.15, 0.2) is 0 Å². The summed E-state index contributed by atoms with van der Waals surface area (Å²) in [6.45, 7) is 4.46. The van der Waals surface area contributed by atoms with Gasteiger partial charge in [-0.15, -0.1) is 0 Å². The Kier molecular flexibility index (Phi) is 4.43. The molecule has 0 saturated heterocycles. The molecule has 0 aliphatic rings. The van der Waals surface area contributed by atoms with Crippen LogP contribution in [0.4, 0.5) is 0 Å². The maximum Gasteiger partial charge on any atom is 0.106 e. The van der Waals surface area contributed by atoms with E-state index in [1.807, 2.05) is 6.07 Å². The lowest BCUT2D eigenvalue weighted by Gasteiger charge is -2.09. The van der Waals surface area contributed by atoms with E-state index in [4.69, 9.17) is 0 Å². The SMILES string of the molecule is CCCCC(C)c1cccc(Br)n1. The predicted octanol–water partition coefficient (Wildman–Crippen LogP) is 4.14. The molecule has 0 N–H and O–H groups in total. The van der Waals surface area contributed by atoms with E-state index in [2.05, 4.69) is 46.9 Å². The zero-order valence-electron chi connectivity index (χ0n) is 8.26. The summed E-state index contributed by atoms with van der Waals surface area (Å²) < 4.78 is 0.938. The quantitative estimate of drug-likeness (QED) is 0.723. The van der Waals surface area contributed by atoms with Crippen LogP contribution in [0.3, 0.4) is 0 Å². The normalized spacial score (nSPS) is 12.8. The number of pyridine rings is 1. The van der Waals surface area contributed by atoms with E-state index in [0.717, 1.165) is 4.60 Å². The molecule has 0 bridgehead atoms. The van der Waals surface area contributed by atoms with Crippen LogP contribution in [-0.2, 0) is 0 Å². The molecular weight excluding hydrogens is 226 g/mol. The van der Waals surface area contributed by atoms with Crippen LogP contribution in [0.1, 0.15) is 44.7 Å². The monoisotopic (exact) mass is 241 g/mol. The van der Waals surface area contributed by atoms with E-state index in [-0.39, 0.29) is 0 Å². The first-order chi connectivity index (χ1) is 6.24. The minimum absolute atomic E-state index is 0.581. The van der Waals surface area contributed by atoms with E-state index in [1.165, 1.54) is 25.0 Å². The highest BCUT2D eigenvalue weighted by atomic mass is 79.9. The van der Waals surface area contributed by atoms with Gasteiger partial charge in [-0.2, -0.15) is 0 Å². The van der Waals surface area contributed by atoms with Crippen molar-refractivity contribution in [2.75, 3.05) is 0 Å². The first-order valence-electron chi connectivity index (χ1n) is 4.86. The number of halogens is 1. The van der Waals surface area contributed by atoms with Gasteiger partial charge < -0.3 is 0 Å². The molecule has 0 aliphatic heterocycles. The van der Waals surface area contributed by atoms with Crippen LogP contribution in [0.5, 0.6) is 0 Å². The van der Waals surface area contributed by atoms with Gasteiger partial charge >= 0.3 is 0 Å². The second kappa shape index (κ2) is 5.38. The molecule has 0 fully saturated rings. The molecule has 1 atom stereocenters. The van der Waals surface area contributed by atoms with Gasteiger partial charge in [0.1, 0.15) is 4.60 Å². The molecule has 2 heteroatoms. The number of rotatable bonds is 4. The fourth-order valence-electron chi connectivity index (χ4n) is 1.36. The standard InChI is InChI=1S/C11H16BrN/c1-3-4-6-9(2)10-7-5-8-11(12)13-10/h5,7-9H,3-4,6H2,1-2H3. The van der Waals surface area contributed by atoms with Crippen molar-refractivity contribution in [2.45, 2.75) is 39.0 Å². The van der Waals surface area contributed by atoms with Crippen LogP contribution in [0.15, 0.2) is 22.8 Å². The topological polar surface area (TPSA) is 12.9 Å². The minimum Gasteiger partial charge on any atom is -0.246 e. The van der Waals surface area contributed by atoms with Crippen molar-refractivity contribution in [2.24, 2.45) is 0 Å². The van der Waals surface area contributed by atoms with Crippen molar-refractivity contribution < 1.29 is 0 Å². The zero-order valence-corrected chi connectivity index (χ0v) is 9.84. The molecule has 0 aromatic carbocycles. The highest BCUT2D eigenvalue weighted by molar-refractivity contribution is 9.10. The molecule has 1 nitrogen and oxygen atoms in total. The molecule has 1 rings (SSSR count). The van der Waals surface area contributed by atoms with Gasteiger partial charge in [0, 0.05) is 5.69 Å². The molecular formula is C11H16BrN. The Balaban J connectivity index is 2.60. The molecule has 0 aliphatic carbocycles. The fourth-order valence-corrected chi connectivity index (χ4v) is 1.71. The van der Waals surface area contributed by atoms with E-state index in [0.29, 0.717) is 5.92 Å². The fraction of sp³-hybridized carbons (Fsp3) is 0.545. The smallest absolute Gasteiger partial charge is 0.106 e. The number of hydrogen-bond donors (Lipinski definition) is 0. The minimum atomic E-state index is 0.581. The molecule has 1 aromatic heterocycles. The summed E-state index contributed by atoms with van der Waals surface area (Å²) >= 11 is 3.39. The summed E-state index contributed by atoms with van der Waals surface area (Å²) in [5, 5.41) is 0. The number of unbranched alkanes of at least 4 members (excludes halogenated alkanes) is 1. The highest BCUT2D eigenvalue weighted by Gasteiger charge is 2.05. The van der Waals surface area contributed by atoms with Crippen LogP contribution in [0, 0.1) is 0 Å². The second-order valence-electron chi connectivity index (χ2n) is 3.43. The maximum atomic E-state index is 4.44. The van der Waals surface area contributed by atoms with Crippen LogP contribution >= 0.6 is 15.9 Å². The molecule has 13 heavy (non-hydrogen) atoms. The first kappa shape index (κ1) is 10.7. The van der Waals surface area contributed by atoms with E-state index >= 15 is 0 Å². The zero-order chi connectivity index (χ0) is 9.68. The van der Waals surface area contributed by atoms with Crippen molar-refractivity contribution in [3.8, 4) is 0 Å². The first-order valence-corrected chi connectivity index (χ1v) is 5.65. The van der Waals surface area contributed by atoms with E-state index in [1.54, 1.807) is 0 Å². The van der Waals surface area contributed by atoms with Crippen molar-refractivity contribution >= 4 is 15.9 Å². The molecule has 0 saturated carbocycles.